The fraction of sp³-hybridized carbons (Fsp3) is 0.833. The summed E-state index contributed by atoms with van der Waals surface area (Å²) in [5.74, 6) is 2.19. The van der Waals surface area contributed by atoms with Gasteiger partial charge in [-0.05, 0) is 25.7 Å². The average Bonchev–Trinajstić information content (AvgIpc) is 2.94. The van der Waals surface area contributed by atoms with E-state index >= 15 is 0 Å². The number of nitrogens with zero attached hydrogens (tertiary/aromatic N) is 3. The van der Waals surface area contributed by atoms with Crippen molar-refractivity contribution in [2.45, 2.75) is 57.2 Å². The Labute approximate surface area is 101 Å². The first-order valence-corrected chi connectivity index (χ1v) is 6.61. The Bertz CT molecular complexity index is 384. The van der Waals surface area contributed by atoms with Gasteiger partial charge in [0.15, 0.2) is 0 Å². The fourth-order valence-corrected chi connectivity index (χ4v) is 2.76. The molecule has 2 aliphatic heterocycles. The van der Waals surface area contributed by atoms with Crippen LogP contribution in [0.25, 0.3) is 0 Å². The standard InChI is InChI=1S/C12H20N4O/c13-9-3-5-11-14-15-12(16(11)8-9)6-4-10-2-1-7-17-10/h9-10H,1-8,13H2. The molecule has 0 spiro atoms. The minimum atomic E-state index is 0.264. The molecule has 2 N–H and O–H groups in total. The molecule has 1 aromatic heterocycles. The van der Waals surface area contributed by atoms with Crippen molar-refractivity contribution < 1.29 is 4.74 Å². The fourth-order valence-electron chi connectivity index (χ4n) is 2.76. The van der Waals surface area contributed by atoms with Gasteiger partial charge in [-0.25, -0.2) is 0 Å². The molecule has 3 heterocycles. The summed E-state index contributed by atoms with van der Waals surface area (Å²) in [4.78, 5) is 0. The van der Waals surface area contributed by atoms with Crippen LogP contribution in [0.5, 0.6) is 0 Å². The van der Waals surface area contributed by atoms with Gasteiger partial charge in [0, 0.05) is 32.0 Å². The number of aryl methyl sites for hydroxylation is 2. The number of fused-ring (bicyclic) bond motifs is 1. The molecule has 2 atom stereocenters. The molecule has 1 saturated heterocycles. The van der Waals surface area contributed by atoms with Gasteiger partial charge in [0.2, 0.25) is 0 Å². The van der Waals surface area contributed by atoms with Crippen molar-refractivity contribution in [1.29, 1.82) is 0 Å². The third kappa shape index (κ3) is 2.35. The predicted molar refractivity (Wildman–Crippen MR) is 63.6 cm³/mol. The number of hydrogen-bond donors (Lipinski definition) is 1. The molecule has 0 bridgehead atoms. The van der Waals surface area contributed by atoms with E-state index in [1.807, 2.05) is 0 Å². The van der Waals surface area contributed by atoms with Gasteiger partial charge in [-0.3, -0.25) is 0 Å². The highest BCUT2D eigenvalue weighted by atomic mass is 16.5. The van der Waals surface area contributed by atoms with Crippen LogP contribution in [0.2, 0.25) is 0 Å². The third-order valence-corrected chi connectivity index (χ3v) is 3.77. The van der Waals surface area contributed by atoms with Crippen molar-refractivity contribution in [1.82, 2.24) is 14.8 Å². The van der Waals surface area contributed by atoms with E-state index in [1.165, 1.54) is 12.8 Å². The van der Waals surface area contributed by atoms with E-state index in [9.17, 15) is 0 Å². The summed E-state index contributed by atoms with van der Waals surface area (Å²) in [5, 5.41) is 8.55. The smallest absolute Gasteiger partial charge is 0.133 e. The van der Waals surface area contributed by atoms with Crippen molar-refractivity contribution in [2.24, 2.45) is 5.73 Å². The molecule has 17 heavy (non-hydrogen) atoms. The summed E-state index contributed by atoms with van der Waals surface area (Å²) in [7, 11) is 0. The van der Waals surface area contributed by atoms with E-state index in [-0.39, 0.29) is 6.04 Å². The Morgan fingerprint density at radius 3 is 3.12 bits per heavy atom. The average molecular weight is 236 g/mol. The van der Waals surface area contributed by atoms with Crippen LogP contribution in [0, 0.1) is 0 Å². The second kappa shape index (κ2) is 4.74. The first-order valence-electron chi connectivity index (χ1n) is 6.61. The highest BCUT2D eigenvalue weighted by Crippen LogP contribution is 2.19. The maximum atomic E-state index is 5.99. The maximum absolute atomic E-state index is 5.99. The van der Waals surface area contributed by atoms with Crippen LogP contribution in [-0.4, -0.2) is 33.5 Å². The summed E-state index contributed by atoms with van der Waals surface area (Å²) in [6.07, 6.45) is 6.85. The largest absolute Gasteiger partial charge is 0.378 e. The van der Waals surface area contributed by atoms with Crippen LogP contribution in [0.1, 0.15) is 37.3 Å². The van der Waals surface area contributed by atoms with E-state index < -0.39 is 0 Å². The Balaban J connectivity index is 1.64. The van der Waals surface area contributed by atoms with E-state index in [0.29, 0.717) is 6.10 Å². The second-order valence-corrected chi connectivity index (χ2v) is 5.12. The number of hydrogen-bond acceptors (Lipinski definition) is 4. The lowest BCUT2D eigenvalue weighted by Crippen LogP contribution is -2.32. The van der Waals surface area contributed by atoms with E-state index in [4.69, 9.17) is 10.5 Å². The highest BCUT2D eigenvalue weighted by Gasteiger charge is 2.22. The van der Waals surface area contributed by atoms with Gasteiger partial charge in [0.25, 0.3) is 0 Å². The van der Waals surface area contributed by atoms with Crippen LogP contribution in [0.15, 0.2) is 0 Å². The quantitative estimate of drug-likeness (QED) is 0.837. The molecule has 0 radical (unpaired) electrons. The summed E-state index contributed by atoms with van der Waals surface area (Å²) in [6.45, 7) is 1.80. The molecule has 2 aliphatic rings. The monoisotopic (exact) mass is 236 g/mol. The molecule has 1 fully saturated rings. The lowest BCUT2D eigenvalue weighted by atomic mass is 10.1. The van der Waals surface area contributed by atoms with Gasteiger partial charge in [-0.15, -0.1) is 10.2 Å². The van der Waals surface area contributed by atoms with E-state index in [1.54, 1.807) is 0 Å². The van der Waals surface area contributed by atoms with Crippen molar-refractivity contribution >= 4 is 0 Å². The Hall–Kier alpha value is -0.940. The summed E-state index contributed by atoms with van der Waals surface area (Å²) in [5.41, 5.74) is 5.99. The predicted octanol–water partition coefficient (Wildman–Crippen LogP) is 0.663. The topological polar surface area (TPSA) is 66.0 Å². The highest BCUT2D eigenvalue weighted by molar-refractivity contribution is 5.01. The second-order valence-electron chi connectivity index (χ2n) is 5.12. The summed E-state index contributed by atoms with van der Waals surface area (Å²) in [6, 6.07) is 0.264. The van der Waals surface area contributed by atoms with Crippen molar-refractivity contribution in [3.05, 3.63) is 11.6 Å². The van der Waals surface area contributed by atoms with Crippen LogP contribution < -0.4 is 5.73 Å². The van der Waals surface area contributed by atoms with Gasteiger partial charge in [0.05, 0.1) is 6.10 Å². The SMILES string of the molecule is NC1CCc2nnc(CCC3CCCO3)n2C1. The van der Waals surface area contributed by atoms with E-state index in [0.717, 1.165) is 50.5 Å². The number of aromatic nitrogens is 3. The molecule has 3 rings (SSSR count). The maximum Gasteiger partial charge on any atom is 0.133 e. The third-order valence-electron chi connectivity index (χ3n) is 3.77. The van der Waals surface area contributed by atoms with Gasteiger partial charge < -0.3 is 15.0 Å². The lowest BCUT2D eigenvalue weighted by molar-refractivity contribution is 0.104. The van der Waals surface area contributed by atoms with Gasteiger partial charge in [-0.2, -0.15) is 0 Å². The molecule has 0 aliphatic carbocycles. The zero-order valence-electron chi connectivity index (χ0n) is 10.1. The van der Waals surface area contributed by atoms with Gasteiger partial charge in [0.1, 0.15) is 11.6 Å². The number of nitrogens with two attached hydrogens (primary N) is 1. The Kier molecular flexibility index (Phi) is 3.11. The van der Waals surface area contributed by atoms with Crippen LogP contribution in [0.3, 0.4) is 0 Å². The van der Waals surface area contributed by atoms with Crippen molar-refractivity contribution in [3.8, 4) is 0 Å². The normalized spacial score (nSPS) is 28.3. The lowest BCUT2D eigenvalue weighted by Gasteiger charge is -2.21. The molecule has 5 heteroatoms. The van der Waals surface area contributed by atoms with Crippen LogP contribution in [-0.2, 0) is 24.1 Å². The number of rotatable bonds is 3. The summed E-state index contributed by atoms with van der Waals surface area (Å²) >= 11 is 0. The Morgan fingerprint density at radius 2 is 2.29 bits per heavy atom. The van der Waals surface area contributed by atoms with Crippen LogP contribution in [0.4, 0.5) is 0 Å². The molecule has 5 nitrogen and oxygen atoms in total. The first-order chi connectivity index (χ1) is 8.33. The van der Waals surface area contributed by atoms with Crippen molar-refractivity contribution in [2.75, 3.05) is 6.61 Å². The zero-order valence-corrected chi connectivity index (χ0v) is 10.1. The Morgan fingerprint density at radius 1 is 1.35 bits per heavy atom. The minimum absolute atomic E-state index is 0.264. The molecule has 0 amide bonds. The zero-order chi connectivity index (χ0) is 11.7. The molecular weight excluding hydrogens is 216 g/mol. The molecule has 1 aromatic rings. The molecule has 2 unspecified atom stereocenters. The van der Waals surface area contributed by atoms with Crippen LogP contribution >= 0.6 is 0 Å². The van der Waals surface area contributed by atoms with Gasteiger partial charge >= 0.3 is 0 Å². The first kappa shape index (κ1) is 11.2. The number of ether oxygens (including phenoxy) is 1. The van der Waals surface area contributed by atoms with Gasteiger partial charge in [-0.1, -0.05) is 0 Å². The molecule has 0 saturated carbocycles. The molecular formula is C12H20N4O. The van der Waals surface area contributed by atoms with E-state index in [2.05, 4.69) is 14.8 Å². The summed E-state index contributed by atoms with van der Waals surface area (Å²) < 4.78 is 7.85. The van der Waals surface area contributed by atoms with Crippen molar-refractivity contribution in [3.63, 3.8) is 0 Å². The molecule has 94 valence electrons. The minimum Gasteiger partial charge on any atom is -0.378 e. The molecule has 0 aromatic carbocycles.